The number of amides is 1. The zero-order valence-corrected chi connectivity index (χ0v) is 15.5. The van der Waals surface area contributed by atoms with Crippen molar-refractivity contribution < 1.29 is 9.72 Å². The highest BCUT2D eigenvalue weighted by Crippen LogP contribution is 2.30. The zero-order chi connectivity index (χ0) is 19.0. The molecule has 1 saturated heterocycles. The van der Waals surface area contributed by atoms with Crippen LogP contribution in [0.2, 0.25) is 0 Å². The molecule has 0 N–H and O–H groups in total. The number of aryl methyl sites for hydroxylation is 1. The van der Waals surface area contributed by atoms with Crippen molar-refractivity contribution in [3.8, 4) is 0 Å². The van der Waals surface area contributed by atoms with Gasteiger partial charge in [0.05, 0.1) is 10.3 Å². The lowest BCUT2D eigenvalue weighted by Gasteiger charge is -2.35. The summed E-state index contributed by atoms with van der Waals surface area (Å²) in [6.07, 6.45) is 1.59. The number of thiophene rings is 1. The van der Waals surface area contributed by atoms with Gasteiger partial charge in [0.15, 0.2) is 0 Å². The van der Waals surface area contributed by atoms with Crippen LogP contribution in [0.15, 0.2) is 36.7 Å². The molecule has 1 aliphatic rings. The molecule has 0 atom stereocenters. The first kappa shape index (κ1) is 17.3. The first-order valence-corrected chi connectivity index (χ1v) is 9.34. The molecular formula is C18H17N5O3S. The number of nitro groups is 1. The number of non-ortho nitro benzene ring substituents is 1. The van der Waals surface area contributed by atoms with Crippen LogP contribution in [0.4, 0.5) is 11.5 Å². The average Bonchev–Trinajstić information content (AvgIpc) is 3.08. The normalized spacial score (nSPS) is 14.6. The highest BCUT2D eigenvalue weighted by molar-refractivity contribution is 7.18. The predicted molar refractivity (Wildman–Crippen MR) is 103 cm³/mol. The van der Waals surface area contributed by atoms with Gasteiger partial charge in [-0.05, 0) is 25.1 Å². The van der Waals surface area contributed by atoms with Crippen LogP contribution in [0, 0.1) is 17.0 Å². The van der Waals surface area contributed by atoms with E-state index in [1.54, 1.807) is 22.6 Å². The molecule has 0 radical (unpaired) electrons. The van der Waals surface area contributed by atoms with Crippen molar-refractivity contribution in [1.82, 2.24) is 14.9 Å². The maximum atomic E-state index is 12.7. The summed E-state index contributed by atoms with van der Waals surface area (Å²) in [5.74, 6) is 0.801. The second kappa shape index (κ2) is 6.92. The van der Waals surface area contributed by atoms with E-state index in [0.29, 0.717) is 31.7 Å². The molecule has 0 saturated carbocycles. The number of hydrogen-bond acceptors (Lipinski definition) is 7. The predicted octanol–water partition coefficient (Wildman–Crippen LogP) is 2.87. The Labute approximate surface area is 159 Å². The summed E-state index contributed by atoms with van der Waals surface area (Å²) in [7, 11) is 0. The van der Waals surface area contributed by atoms with E-state index in [2.05, 4.69) is 27.9 Å². The van der Waals surface area contributed by atoms with Gasteiger partial charge < -0.3 is 9.80 Å². The summed E-state index contributed by atoms with van der Waals surface area (Å²) in [4.78, 5) is 37.8. The minimum Gasteiger partial charge on any atom is -0.352 e. The Morgan fingerprint density at radius 3 is 2.52 bits per heavy atom. The first-order chi connectivity index (χ1) is 13.0. The Bertz CT molecular complexity index is 1010. The van der Waals surface area contributed by atoms with Gasteiger partial charge in [-0.1, -0.05) is 0 Å². The van der Waals surface area contributed by atoms with Crippen molar-refractivity contribution in [2.75, 3.05) is 31.1 Å². The highest BCUT2D eigenvalue weighted by atomic mass is 32.1. The van der Waals surface area contributed by atoms with Crippen molar-refractivity contribution in [1.29, 1.82) is 0 Å². The molecule has 8 nitrogen and oxygen atoms in total. The lowest BCUT2D eigenvalue weighted by molar-refractivity contribution is -0.384. The van der Waals surface area contributed by atoms with Crippen LogP contribution in [0.5, 0.6) is 0 Å². The maximum Gasteiger partial charge on any atom is 0.269 e. The standard InChI is InChI=1S/C18H17N5O3S/c1-12-10-15-16(19-11-20-17(15)27-12)21-6-8-22(9-7-21)18(24)13-2-4-14(5-3-13)23(25)26/h2-5,10-11H,6-9H2,1H3. The first-order valence-electron chi connectivity index (χ1n) is 8.53. The van der Waals surface area contributed by atoms with Crippen LogP contribution in [-0.2, 0) is 0 Å². The Hall–Kier alpha value is -3.07. The molecule has 27 heavy (non-hydrogen) atoms. The summed E-state index contributed by atoms with van der Waals surface area (Å²) in [5.41, 5.74) is 0.446. The van der Waals surface area contributed by atoms with Gasteiger partial charge in [-0.25, -0.2) is 9.97 Å². The molecule has 1 fully saturated rings. The molecule has 1 aliphatic heterocycles. The minimum atomic E-state index is -0.471. The fraction of sp³-hybridized carbons (Fsp3) is 0.278. The van der Waals surface area contributed by atoms with E-state index in [-0.39, 0.29) is 11.6 Å². The second-order valence-electron chi connectivity index (χ2n) is 6.36. The number of nitrogens with zero attached hydrogens (tertiary/aromatic N) is 5. The third-order valence-corrected chi connectivity index (χ3v) is 5.58. The Balaban J connectivity index is 1.46. The van der Waals surface area contributed by atoms with E-state index < -0.39 is 4.92 Å². The largest absolute Gasteiger partial charge is 0.352 e. The number of anilines is 1. The molecule has 0 spiro atoms. The number of carbonyl (C=O) groups is 1. The molecule has 3 aromatic rings. The van der Waals surface area contributed by atoms with Gasteiger partial charge in [-0.2, -0.15) is 0 Å². The minimum absolute atomic E-state index is 0.0183. The van der Waals surface area contributed by atoms with Gasteiger partial charge in [0, 0.05) is 48.8 Å². The van der Waals surface area contributed by atoms with Crippen molar-refractivity contribution in [3.05, 3.63) is 57.2 Å². The van der Waals surface area contributed by atoms with E-state index in [0.717, 1.165) is 16.0 Å². The number of aromatic nitrogens is 2. The molecule has 2 aromatic heterocycles. The molecule has 1 amide bonds. The molecule has 138 valence electrons. The lowest BCUT2D eigenvalue weighted by Crippen LogP contribution is -2.49. The number of nitro benzene ring substituents is 1. The van der Waals surface area contributed by atoms with E-state index in [4.69, 9.17) is 0 Å². The number of benzene rings is 1. The summed E-state index contributed by atoms with van der Waals surface area (Å²) in [6.45, 7) is 4.56. The van der Waals surface area contributed by atoms with Crippen LogP contribution in [0.1, 0.15) is 15.2 Å². The van der Waals surface area contributed by atoms with Crippen LogP contribution < -0.4 is 4.90 Å². The number of piperazine rings is 1. The van der Waals surface area contributed by atoms with E-state index in [1.807, 2.05) is 0 Å². The molecular weight excluding hydrogens is 366 g/mol. The fourth-order valence-electron chi connectivity index (χ4n) is 3.25. The van der Waals surface area contributed by atoms with Gasteiger partial charge in [0.25, 0.3) is 11.6 Å². The summed E-state index contributed by atoms with van der Waals surface area (Å²) in [5, 5.41) is 11.8. The van der Waals surface area contributed by atoms with Crippen LogP contribution >= 0.6 is 11.3 Å². The molecule has 9 heteroatoms. The van der Waals surface area contributed by atoms with Crippen molar-refractivity contribution in [3.63, 3.8) is 0 Å². The molecule has 4 rings (SSSR count). The molecule has 0 aliphatic carbocycles. The van der Waals surface area contributed by atoms with E-state index >= 15 is 0 Å². The lowest BCUT2D eigenvalue weighted by atomic mass is 10.1. The quantitative estimate of drug-likeness (QED) is 0.510. The highest BCUT2D eigenvalue weighted by Gasteiger charge is 2.24. The summed E-state index contributed by atoms with van der Waals surface area (Å²) in [6, 6.07) is 7.84. The van der Waals surface area contributed by atoms with Crippen molar-refractivity contribution in [2.45, 2.75) is 6.92 Å². The fourth-order valence-corrected chi connectivity index (χ4v) is 4.09. The van der Waals surface area contributed by atoms with Gasteiger partial charge in [-0.3, -0.25) is 14.9 Å². The SMILES string of the molecule is Cc1cc2c(N3CCN(C(=O)c4ccc([N+](=O)[O-])cc4)CC3)ncnc2s1. The molecule has 0 bridgehead atoms. The summed E-state index contributed by atoms with van der Waals surface area (Å²) >= 11 is 1.65. The van der Waals surface area contributed by atoms with Crippen molar-refractivity contribution in [2.24, 2.45) is 0 Å². The van der Waals surface area contributed by atoms with Gasteiger partial charge in [0.2, 0.25) is 0 Å². The third-order valence-electron chi connectivity index (χ3n) is 4.62. The third kappa shape index (κ3) is 3.33. The van der Waals surface area contributed by atoms with E-state index in [1.165, 1.54) is 29.1 Å². The summed E-state index contributed by atoms with van der Waals surface area (Å²) < 4.78 is 0. The Morgan fingerprint density at radius 2 is 1.85 bits per heavy atom. The second-order valence-corrected chi connectivity index (χ2v) is 7.59. The smallest absolute Gasteiger partial charge is 0.269 e. The Kier molecular flexibility index (Phi) is 4.44. The van der Waals surface area contributed by atoms with Crippen LogP contribution in [0.3, 0.4) is 0 Å². The Morgan fingerprint density at radius 1 is 1.15 bits per heavy atom. The molecule has 0 unspecified atom stereocenters. The number of rotatable bonds is 3. The number of hydrogen-bond donors (Lipinski definition) is 0. The maximum absolute atomic E-state index is 12.7. The molecule has 3 heterocycles. The molecule has 1 aromatic carbocycles. The van der Waals surface area contributed by atoms with E-state index in [9.17, 15) is 14.9 Å². The topological polar surface area (TPSA) is 92.5 Å². The van der Waals surface area contributed by atoms with Crippen LogP contribution in [0.25, 0.3) is 10.2 Å². The zero-order valence-electron chi connectivity index (χ0n) is 14.7. The van der Waals surface area contributed by atoms with Gasteiger partial charge in [0.1, 0.15) is 17.0 Å². The monoisotopic (exact) mass is 383 g/mol. The van der Waals surface area contributed by atoms with Crippen LogP contribution in [-0.4, -0.2) is 51.9 Å². The number of fused-ring (bicyclic) bond motifs is 1. The van der Waals surface area contributed by atoms with Gasteiger partial charge >= 0.3 is 0 Å². The number of carbonyl (C=O) groups excluding carboxylic acids is 1. The average molecular weight is 383 g/mol. The van der Waals surface area contributed by atoms with Crippen molar-refractivity contribution >= 4 is 39.0 Å². The van der Waals surface area contributed by atoms with Gasteiger partial charge in [-0.15, -0.1) is 11.3 Å².